The van der Waals surface area contributed by atoms with E-state index in [4.69, 9.17) is 19.7 Å². The van der Waals surface area contributed by atoms with Crippen molar-refractivity contribution in [3.05, 3.63) is 24.3 Å². The van der Waals surface area contributed by atoms with Crippen LogP contribution < -0.4 is 0 Å². The van der Waals surface area contributed by atoms with Crippen molar-refractivity contribution in [3.8, 4) is 0 Å². The van der Waals surface area contributed by atoms with Crippen LogP contribution in [0.5, 0.6) is 0 Å². The summed E-state index contributed by atoms with van der Waals surface area (Å²) in [7, 11) is 0. The Hall–Kier alpha value is -2.02. The molecule has 2 atom stereocenters. The van der Waals surface area contributed by atoms with Gasteiger partial charge in [-0.25, -0.2) is 9.59 Å². The van der Waals surface area contributed by atoms with Crippen LogP contribution in [0.4, 0.5) is 0 Å². The molecule has 35 heavy (non-hydrogen) atoms. The molecule has 0 saturated heterocycles. The number of carbonyl (C=O) groups is 4. The van der Waals surface area contributed by atoms with Crippen LogP contribution in [0.15, 0.2) is 24.3 Å². The number of unbranched alkanes of at least 4 members (excludes halogenated alkanes) is 2. The first kappa shape index (κ1) is 37.5. The second kappa shape index (κ2) is 23.7. The van der Waals surface area contributed by atoms with Crippen LogP contribution in [0.25, 0.3) is 0 Å². The van der Waals surface area contributed by atoms with E-state index in [0.29, 0.717) is 25.0 Å². The van der Waals surface area contributed by atoms with Crippen LogP contribution in [-0.2, 0) is 48.1 Å². The van der Waals surface area contributed by atoms with E-state index < -0.39 is 23.9 Å². The van der Waals surface area contributed by atoms with Gasteiger partial charge in [0.15, 0.2) is 0 Å². The fourth-order valence-corrected chi connectivity index (χ4v) is 2.90. The third-order valence-electron chi connectivity index (χ3n) is 5.29. The van der Waals surface area contributed by atoms with Crippen molar-refractivity contribution < 1.29 is 58.3 Å². The Morgan fingerprint density at radius 2 is 1.00 bits per heavy atom. The quantitative estimate of drug-likeness (QED) is 0.129. The van der Waals surface area contributed by atoms with Crippen LogP contribution in [0.1, 0.15) is 91.9 Å². The number of ether oxygens (including phenoxy) is 2. The minimum absolute atomic E-state index is 0. The third-order valence-corrected chi connectivity index (χ3v) is 5.29. The Morgan fingerprint density at radius 3 is 1.23 bits per heavy atom. The predicted octanol–water partition coefficient (Wildman–Crippen LogP) is 5.55. The Kier molecular flexibility index (Phi) is 25.4. The molecule has 0 aliphatic carbocycles. The first-order valence-electron chi connectivity index (χ1n) is 12.1. The van der Waals surface area contributed by atoms with E-state index in [0.717, 1.165) is 51.4 Å². The molecule has 0 aromatic carbocycles. The van der Waals surface area contributed by atoms with E-state index in [1.165, 1.54) is 0 Å². The Bertz CT molecular complexity index is 604. The second-order valence-electron chi connectivity index (χ2n) is 8.38. The smallest absolute Gasteiger partial charge is 0.333 e. The maximum absolute atomic E-state index is 11.4. The van der Waals surface area contributed by atoms with Crippen LogP contribution in [0.3, 0.4) is 0 Å². The molecule has 0 aliphatic heterocycles. The summed E-state index contributed by atoms with van der Waals surface area (Å²) in [5.74, 6) is -2.60. The van der Waals surface area contributed by atoms with Gasteiger partial charge in [-0.2, -0.15) is 0 Å². The number of carboxylic acid groups (broad SMARTS) is 2. The van der Waals surface area contributed by atoms with Crippen LogP contribution in [-0.4, -0.2) is 47.3 Å². The normalized spacial score (nSPS) is 11.5. The monoisotopic (exact) mass is 548 g/mol. The molecule has 0 aliphatic rings. The maximum atomic E-state index is 11.4. The van der Waals surface area contributed by atoms with Crippen molar-refractivity contribution >= 4 is 23.9 Å². The average Bonchev–Trinajstić information content (AvgIpc) is 2.78. The minimum atomic E-state index is -1.06. The molecule has 2 N–H and O–H groups in total. The van der Waals surface area contributed by atoms with Gasteiger partial charge in [-0.15, -0.1) is 0 Å². The molecule has 0 fully saturated rings. The largest absolute Gasteiger partial charge is 0.481 e. The van der Waals surface area contributed by atoms with Crippen molar-refractivity contribution in [3.63, 3.8) is 0 Å². The molecule has 0 amide bonds. The number of aliphatic carboxylic acids is 2. The van der Waals surface area contributed by atoms with E-state index in [1.54, 1.807) is 0 Å². The number of carboxylic acids is 2. The molecule has 0 saturated carbocycles. The fourth-order valence-electron chi connectivity index (χ4n) is 2.90. The van der Waals surface area contributed by atoms with E-state index in [1.807, 2.05) is 0 Å². The summed E-state index contributed by atoms with van der Waals surface area (Å²) in [5.41, 5.74) is 0.00527. The van der Waals surface area contributed by atoms with Gasteiger partial charge in [-0.05, 0) is 24.7 Å². The van der Waals surface area contributed by atoms with Crippen LogP contribution in [0, 0.1) is 11.8 Å². The molecule has 0 bridgehead atoms. The summed E-state index contributed by atoms with van der Waals surface area (Å²) in [5, 5.41) is 17.0. The Labute approximate surface area is 223 Å². The molecule has 198 valence electrons. The zero-order chi connectivity index (χ0) is 26.5. The molecule has 0 aromatic heterocycles. The number of hydrogen-bond donors (Lipinski definition) is 2. The van der Waals surface area contributed by atoms with E-state index >= 15 is 0 Å². The summed E-state index contributed by atoms with van der Waals surface area (Å²) < 4.78 is 10.1. The zero-order valence-corrected chi connectivity index (χ0v) is 25.1. The van der Waals surface area contributed by atoms with Gasteiger partial charge >= 0.3 is 23.9 Å². The van der Waals surface area contributed by atoms with Crippen molar-refractivity contribution in [2.75, 3.05) is 13.2 Å². The van der Waals surface area contributed by atoms with Gasteiger partial charge in [0.25, 0.3) is 0 Å². The summed E-state index contributed by atoms with van der Waals surface area (Å²) in [6.45, 7) is 15.9. The number of hydrogen-bond acceptors (Lipinski definition) is 6. The van der Waals surface area contributed by atoms with Crippen LogP contribution in [0.2, 0.25) is 0 Å². The first-order chi connectivity index (χ1) is 16.0. The van der Waals surface area contributed by atoms with Gasteiger partial charge < -0.3 is 19.7 Å². The zero-order valence-electron chi connectivity index (χ0n) is 22.1. The van der Waals surface area contributed by atoms with E-state index in [-0.39, 0.29) is 43.5 Å². The fraction of sp³-hybridized carbons (Fsp3) is 0.692. The molecule has 0 radical (unpaired) electrons. The van der Waals surface area contributed by atoms with Gasteiger partial charge in [0.2, 0.25) is 0 Å². The van der Waals surface area contributed by atoms with E-state index in [2.05, 4.69) is 40.9 Å². The summed E-state index contributed by atoms with van der Waals surface area (Å²) >= 11 is 0. The third kappa shape index (κ3) is 22.2. The van der Waals surface area contributed by atoms with Gasteiger partial charge in [0.1, 0.15) is 0 Å². The average molecular weight is 550 g/mol. The minimum Gasteiger partial charge on any atom is -0.481 e. The summed E-state index contributed by atoms with van der Waals surface area (Å²) in [6, 6.07) is 0. The first-order valence-corrected chi connectivity index (χ1v) is 12.1. The molecule has 2 unspecified atom stereocenters. The van der Waals surface area contributed by atoms with Gasteiger partial charge in [-0.3, -0.25) is 9.59 Å². The molecule has 0 spiro atoms. The summed E-state index contributed by atoms with van der Waals surface area (Å²) in [6.07, 6.45) is 7.74. The Balaban J connectivity index is -0.000000569. The molecule has 0 aromatic rings. The molecule has 0 heterocycles. The van der Waals surface area contributed by atoms with Crippen molar-refractivity contribution in [2.24, 2.45) is 11.8 Å². The summed E-state index contributed by atoms with van der Waals surface area (Å²) in [4.78, 5) is 43.5. The topological polar surface area (TPSA) is 127 Å². The second-order valence-corrected chi connectivity index (χ2v) is 8.38. The van der Waals surface area contributed by atoms with E-state index in [9.17, 15) is 19.2 Å². The van der Waals surface area contributed by atoms with Crippen molar-refractivity contribution in [2.45, 2.75) is 91.9 Å². The number of rotatable bonds is 18. The van der Waals surface area contributed by atoms with Gasteiger partial charge in [0, 0.05) is 30.6 Å². The standard InChI is InChI=1S/2C13H22O4.Zn/c2*1-4-6-7-11(5-2)9-17-13(16)10(3)8-12(14)15;/h2*11H,3-9H2,1-2H3,(H,14,15);. The van der Waals surface area contributed by atoms with Gasteiger partial charge in [0.05, 0.1) is 26.1 Å². The molecule has 9 heteroatoms. The number of carbonyl (C=O) groups excluding carboxylic acids is 2. The predicted molar refractivity (Wildman–Crippen MR) is 131 cm³/mol. The molecular weight excluding hydrogens is 506 g/mol. The van der Waals surface area contributed by atoms with Crippen molar-refractivity contribution in [1.82, 2.24) is 0 Å². The Morgan fingerprint density at radius 1 is 0.686 bits per heavy atom. The maximum Gasteiger partial charge on any atom is 0.333 e. The van der Waals surface area contributed by atoms with Gasteiger partial charge in [-0.1, -0.05) is 79.4 Å². The molecular formula is C26H44O8Zn. The molecule has 8 nitrogen and oxygen atoms in total. The molecule has 0 rings (SSSR count). The number of esters is 2. The van der Waals surface area contributed by atoms with Crippen LogP contribution >= 0.6 is 0 Å². The SMILES string of the molecule is C=C(CC(=O)O)C(=O)OCC(CC)CCCC.C=C(CC(=O)O)C(=O)OCC(CC)CCCC.[Zn]. The van der Waals surface area contributed by atoms with Crippen molar-refractivity contribution in [1.29, 1.82) is 0 Å².